The Kier molecular flexibility index (Phi) is 8.83. The van der Waals surface area contributed by atoms with E-state index in [-0.39, 0.29) is 31.2 Å². The number of rotatable bonds is 6. The number of piperazine rings is 1. The third-order valence-corrected chi connectivity index (χ3v) is 3.99. The molecule has 5 nitrogen and oxygen atoms in total. The van der Waals surface area contributed by atoms with Crippen molar-refractivity contribution in [3.05, 3.63) is 29.8 Å². The van der Waals surface area contributed by atoms with Crippen LogP contribution in [0.3, 0.4) is 0 Å². The van der Waals surface area contributed by atoms with Crippen molar-refractivity contribution >= 4 is 18.3 Å². The molecule has 0 aliphatic carbocycles. The third-order valence-electron chi connectivity index (χ3n) is 3.99. The molecule has 1 aromatic rings. The van der Waals surface area contributed by atoms with Crippen LogP contribution in [0.25, 0.3) is 0 Å². The van der Waals surface area contributed by atoms with Crippen LogP contribution in [-0.2, 0) is 11.0 Å². The SMILES string of the molecule is Cl.O=C(COc1cccc(C(F)(F)F)c1)NCC(N1CCNCC1)C(F)(F)F. The van der Waals surface area contributed by atoms with Gasteiger partial charge < -0.3 is 15.4 Å². The number of carbonyl (C=O) groups is 1. The van der Waals surface area contributed by atoms with E-state index in [9.17, 15) is 31.1 Å². The van der Waals surface area contributed by atoms with Crippen LogP contribution in [0.15, 0.2) is 24.3 Å². The lowest BCUT2D eigenvalue weighted by Crippen LogP contribution is -2.57. The topological polar surface area (TPSA) is 53.6 Å². The summed E-state index contributed by atoms with van der Waals surface area (Å²) in [5, 5.41) is 5.08. The van der Waals surface area contributed by atoms with Crippen LogP contribution >= 0.6 is 12.4 Å². The third kappa shape index (κ3) is 7.36. The van der Waals surface area contributed by atoms with Crippen molar-refractivity contribution in [1.82, 2.24) is 15.5 Å². The van der Waals surface area contributed by atoms with Gasteiger partial charge in [0.15, 0.2) is 6.61 Å². The summed E-state index contributed by atoms with van der Waals surface area (Å²) in [5.41, 5.74) is -0.948. The number of hydrogen-bond donors (Lipinski definition) is 2. The Labute approximate surface area is 163 Å². The molecule has 1 atom stereocenters. The molecule has 1 aliphatic rings. The van der Waals surface area contributed by atoms with Crippen LogP contribution in [0.4, 0.5) is 26.3 Å². The Bertz CT molecular complexity index is 636. The van der Waals surface area contributed by atoms with Crippen molar-refractivity contribution in [3.8, 4) is 5.75 Å². The maximum atomic E-state index is 13.2. The van der Waals surface area contributed by atoms with Gasteiger partial charge in [-0.3, -0.25) is 9.69 Å². The van der Waals surface area contributed by atoms with Crippen molar-refractivity contribution in [3.63, 3.8) is 0 Å². The highest BCUT2D eigenvalue weighted by Crippen LogP contribution is 2.31. The zero-order valence-electron chi connectivity index (χ0n) is 14.6. The highest BCUT2D eigenvalue weighted by atomic mass is 35.5. The Hall–Kier alpha value is -1.72. The van der Waals surface area contributed by atoms with Gasteiger partial charge >= 0.3 is 12.4 Å². The van der Waals surface area contributed by atoms with Gasteiger partial charge in [-0.15, -0.1) is 12.4 Å². The summed E-state index contributed by atoms with van der Waals surface area (Å²) in [4.78, 5) is 13.0. The van der Waals surface area contributed by atoms with Crippen LogP contribution in [0.1, 0.15) is 5.56 Å². The first kappa shape index (κ1) is 24.3. The minimum atomic E-state index is -4.56. The number of benzene rings is 1. The van der Waals surface area contributed by atoms with Crippen molar-refractivity contribution in [2.24, 2.45) is 0 Å². The molecule has 1 fully saturated rings. The summed E-state index contributed by atoms with van der Waals surface area (Å²) >= 11 is 0. The van der Waals surface area contributed by atoms with E-state index in [0.29, 0.717) is 19.2 Å². The summed E-state index contributed by atoms with van der Waals surface area (Å²) in [7, 11) is 0. The fraction of sp³-hybridized carbons (Fsp3) is 0.562. The Morgan fingerprint density at radius 1 is 1.18 bits per heavy atom. The predicted octanol–water partition coefficient (Wildman–Crippen LogP) is 2.46. The van der Waals surface area contributed by atoms with Crippen LogP contribution in [0, 0.1) is 0 Å². The van der Waals surface area contributed by atoms with E-state index >= 15 is 0 Å². The van der Waals surface area contributed by atoms with Gasteiger partial charge in [0.05, 0.1) is 5.56 Å². The highest BCUT2D eigenvalue weighted by Gasteiger charge is 2.43. The van der Waals surface area contributed by atoms with Gasteiger partial charge in [0.1, 0.15) is 11.8 Å². The van der Waals surface area contributed by atoms with E-state index in [2.05, 4.69) is 10.6 Å². The van der Waals surface area contributed by atoms with Gasteiger partial charge in [0, 0.05) is 32.7 Å². The second-order valence-corrected chi connectivity index (χ2v) is 5.96. The van der Waals surface area contributed by atoms with Gasteiger partial charge in [0.25, 0.3) is 5.91 Å². The number of halogens is 7. The fourth-order valence-corrected chi connectivity index (χ4v) is 2.62. The average molecular weight is 436 g/mol. The molecule has 1 saturated heterocycles. The number of amides is 1. The van der Waals surface area contributed by atoms with Gasteiger partial charge in [-0.05, 0) is 18.2 Å². The summed E-state index contributed by atoms with van der Waals surface area (Å²) in [6.07, 6.45) is -9.09. The molecule has 0 saturated carbocycles. The zero-order chi connectivity index (χ0) is 20.1. The smallest absolute Gasteiger partial charge is 0.416 e. The van der Waals surface area contributed by atoms with E-state index in [1.165, 1.54) is 11.0 Å². The largest absolute Gasteiger partial charge is 0.484 e. The average Bonchev–Trinajstić information content (AvgIpc) is 2.59. The molecule has 2 N–H and O–H groups in total. The van der Waals surface area contributed by atoms with Gasteiger partial charge in [-0.25, -0.2) is 0 Å². The van der Waals surface area contributed by atoms with Crippen molar-refractivity contribution < 1.29 is 35.9 Å². The molecular formula is C16H20ClF6N3O2. The van der Waals surface area contributed by atoms with E-state index in [4.69, 9.17) is 4.74 Å². The molecule has 0 bridgehead atoms. The first-order valence-corrected chi connectivity index (χ1v) is 8.15. The number of ether oxygens (including phenoxy) is 1. The molecule has 1 amide bonds. The molecular weight excluding hydrogens is 416 g/mol. The second-order valence-electron chi connectivity index (χ2n) is 5.96. The first-order valence-electron chi connectivity index (χ1n) is 8.15. The lowest BCUT2D eigenvalue weighted by atomic mass is 10.2. The van der Waals surface area contributed by atoms with Crippen LogP contribution in [0.2, 0.25) is 0 Å². The van der Waals surface area contributed by atoms with E-state index < -0.39 is 43.0 Å². The van der Waals surface area contributed by atoms with Gasteiger partial charge in [-0.2, -0.15) is 26.3 Å². The number of alkyl halides is 6. The number of nitrogens with one attached hydrogen (secondary N) is 2. The molecule has 1 aromatic carbocycles. The molecule has 0 aromatic heterocycles. The Morgan fingerprint density at radius 2 is 1.82 bits per heavy atom. The number of carbonyl (C=O) groups excluding carboxylic acids is 1. The lowest BCUT2D eigenvalue weighted by molar-refractivity contribution is -0.184. The minimum Gasteiger partial charge on any atom is -0.484 e. The van der Waals surface area contributed by atoms with Gasteiger partial charge in [0.2, 0.25) is 0 Å². The van der Waals surface area contributed by atoms with E-state index in [1.807, 2.05) is 0 Å². The molecule has 1 aliphatic heterocycles. The standard InChI is InChI=1S/C16H19F6N3O2.ClH/c17-15(18,19)11-2-1-3-12(8-11)27-10-14(26)24-9-13(16(20,21)22)25-6-4-23-5-7-25;/h1-3,8,13,23H,4-7,9-10H2,(H,24,26);1H. The highest BCUT2D eigenvalue weighted by molar-refractivity contribution is 5.85. The zero-order valence-corrected chi connectivity index (χ0v) is 15.4. The van der Waals surface area contributed by atoms with Gasteiger partial charge in [-0.1, -0.05) is 6.07 Å². The molecule has 12 heteroatoms. The van der Waals surface area contributed by atoms with Crippen molar-refractivity contribution in [2.75, 3.05) is 39.3 Å². The van der Waals surface area contributed by atoms with Crippen LogP contribution < -0.4 is 15.4 Å². The van der Waals surface area contributed by atoms with Crippen LogP contribution in [-0.4, -0.2) is 62.4 Å². The maximum Gasteiger partial charge on any atom is 0.416 e. The molecule has 0 radical (unpaired) electrons. The van der Waals surface area contributed by atoms with Crippen LogP contribution in [0.5, 0.6) is 5.75 Å². The summed E-state index contributed by atoms with van der Waals surface area (Å²) in [6.45, 7) is -0.123. The molecule has 0 spiro atoms. The minimum absolute atomic E-state index is 0. The van der Waals surface area contributed by atoms with E-state index in [0.717, 1.165) is 12.1 Å². The maximum absolute atomic E-state index is 13.2. The summed E-state index contributed by atoms with van der Waals surface area (Å²) < 4.78 is 82.4. The summed E-state index contributed by atoms with van der Waals surface area (Å²) in [5.74, 6) is -1.05. The molecule has 1 heterocycles. The monoisotopic (exact) mass is 435 g/mol. The van der Waals surface area contributed by atoms with E-state index in [1.54, 1.807) is 0 Å². The second kappa shape index (κ2) is 10.2. The van der Waals surface area contributed by atoms with Crippen molar-refractivity contribution in [1.29, 1.82) is 0 Å². The lowest BCUT2D eigenvalue weighted by Gasteiger charge is -2.35. The first-order chi connectivity index (χ1) is 12.6. The molecule has 2 rings (SSSR count). The predicted molar refractivity (Wildman–Crippen MR) is 91.5 cm³/mol. The number of nitrogens with zero attached hydrogens (tertiary/aromatic N) is 1. The van der Waals surface area contributed by atoms with Crippen molar-refractivity contribution in [2.45, 2.75) is 18.4 Å². The molecule has 1 unspecified atom stereocenters. The fourth-order valence-electron chi connectivity index (χ4n) is 2.62. The normalized spacial score (nSPS) is 16.8. The molecule has 28 heavy (non-hydrogen) atoms. The quantitative estimate of drug-likeness (QED) is 0.674. The number of hydrogen-bond acceptors (Lipinski definition) is 4. The molecule has 160 valence electrons. The summed E-state index contributed by atoms with van der Waals surface area (Å²) in [6, 6.07) is 2.06. The Morgan fingerprint density at radius 3 is 2.39 bits per heavy atom. The Balaban J connectivity index is 0.00000392.